The molecule has 0 radical (unpaired) electrons. The molecular weight excluding hydrogens is 428 g/mol. The first-order chi connectivity index (χ1) is 12.9. The molecule has 2 amide bonds. The number of nitrogens with zero attached hydrogens (tertiary/aromatic N) is 3. The second-order valence-electron chi connectivity index (χ2n) is 7.17. The maximum atomic E-state index is 12.8. The first-order valence-electron chi connectivity index (χ1n) is 9.08. The lowest BCUT2D eigenvalue weighted by Crippen LogP contribution is -2.44. The van der Waals surface area contributed by atoms with Gasteiger partial charge in [-0.25, -0.2) is 9.97 Å². The largest absolute Gasteiger partial charge is 0.336 e. The van der Waals surface area contributed by atoms with Crippen LogP contribution >= 0.6 is 27.3 Å². The van der Waals surface area contributed by atoms with Crippen molar-refractivity contribution in [2.75, 3.05) is 18.4 Å². The van der Waals surface area contributed by atoms with Gasteiger partial charge in [0.25, 0.3) is 5.91 Å². The van der Waals surface area contributed by atoms with Crippen molar-refractivity contribution in [1.82, 2.24) is 14.9 Å². The molecule has 1 aliphatic rings. The van der Waals surface area contributed by atoms with E-state index in [1.165, 1.54) is 11.3 Å². The van der Waals surface area contributed by atoms with Crippen molar-refractivity contribution in [2.45, 2.75) is 33.1 Å². The molecule has 0 bridgehead atoms. The van der Waals surface area contributed by atoms with Crippen molar-refractivity contribution in [3.8, 4) is 0 Å². The predicted octanol–water partition coefficient (Wildman–Crippen LogP) is 3.99. The van der Waals surface area contributed by atoms with Crippen molar-refractivity contribution >= 4 is 44.9 Å². The summed E-state index contributed by atoms with van der Waals surface area (Å²) in [4.78, 5) is 35.8. The molecule has 1 fully saturated rings. The number of halogens is 1. The lowest BCUT2D eigenvalue weighted by Gasteiger charge is -2.31. The van der Waals surface area contributed by atoms with Gasteiger partial charge < -0.3 is 10.2 Å². The number of hydrogen-bond donors (Lipinski definition) is 1. The van der Waals surface area contributed by atoms with E-state index in [0.29, 0.717) is 30.5 Å². The smallest absolute Gasteiger partial charge is 0.273 e. The van der Waals surface area contributed by atoms with E-state index >= 15 is 0 Å². The molecule has 1 aliphatic heterocycles. The third-order valence-corrected chi connectivity index (χ3v) is 5.75. The SMILES string of the molecule is CC(C)Cc1nc(C(=O)N2CCCC(C(=O)Nc3ccc(Br)cn3)C2)cs1. The van der Waals surface area contributed by atoms with Crippen LogP contribution in [0.25, 0.3) is 0 Å². The number of rotatable bonds is 5. The summed E-state index contributed by atoms with van der Waals surface area (Å²) < 4.78 is 0.857. The molecule has 1 unspecified atom stereocenters. The number of anilines is 1. The van der Waals surface area contributed by atoms with Crippen LogP contribution in [0.5, 0.6) is 0 Å². The highest BCUT2D eigenvalue weighted by molar-refractivity contribution is 9.10. The Labute approximate surface area is 171 Å². The van der Waals surface area contributed by atoms with E-state index in [4.69, 9.17) is 0 Å². The van der Waals surface area contributed by atoms with E-state index in [1.54, 1.807) is 17.2 Å². The zero-order valence-electron chi connectivity index (χ0n) is 15.4. The Bertz CT molecular complexity index is 806. The number of thiazole rings is 1. The molecule has 2 aromatic rings. The average Bonchev–Trinajstić information content (AvgIpc) is 3.10. The number of carbonyl (C=O) groups is 2. The normalized spacial score (nSPS) is 17.2. The van der Waals surface area contributed by atoms with Crippen LogP contribution in [0, 0.1) is 11.8 Å². The van der Waals surface area contributed by atoms with Gasteiger partial charge in [0.15, 0.2) is 0 Å². The van der Waals surface area contributed by atoms with Crippen LogP contribution in [0.1, 0.15) is 42.2 Å². The van der Waals surface area contributed by atoms with Crippen molar-refractivity contribution < 1.29 is 9.59 Å². The van der Waals surface area contributed by atoms with Crippen LogP contribution < -0.4 is 5.32 Å². The number of amides is 2. The molecule has 0 saturated carbocycles. The summed E-state index contributed by atoms with van der Waals surface area (Å²) in [6.45, 7) is 5.35. The standard InChI is InChI=1S/C19H23BrN4O2S/c1-12(2)8-17-22-15(11-27-17)19(26)24-7-3-4-13(10-24)18(25)23-16-6-5-14(20)9-21-16/h5-6,9,11-13H,3-4,7-8,10H2,1-2H3,(H,21,23,25). The zero-order chi connectivity index (χ0) is 19.4. The fraction of sp³-hybridized carbons (Fsp3) is 0.474. The monoisotopic (exact) mass is 450 g/mol. The van der Waals surface area contributed by atoms with E-state index in [9.17, 15) is 9.59 Å². The number of hydrogen-bond acceptors (Lipinski definition) is 5. The molecule has 1 atom stereocenters. The van der Waals surface area contributed by atoms with Gasteiger partial charge in [-0.05, 0) is 46.8 Å². The number of pyridine rings is 1. The first kappa shape index (κ1) is 19.9. The number of likely N-dealkylation sites (tertiary alicyclic amines) is 1. The highest BCUT2D eigenvalue weighted by Crippen LogP contribution is 2.22. The molecule has 1 N–H and O–H groups in total. The Hall–Kier alpha value is -1.80. The van der Waals surface area contributed by atoms with Gasteiger partial charge in [0.2, 0.25) is 5.91 Å². The zero-order valence-corrected chi connectivity index (χ0v) is 17.8. The van der Waals surface area contributed by atoms with Crippen LogP contribution in [-0.4, -0.2) is 39.8 Å². The molecular formula is C19H23BrN4O2S. The summed E-state index contributed by atoms with van der Waals surface area (Å²) in [5.74, 6) is 0.613. The van der Waals surface area contributed by atoms with Crippen molar-refractivity contribution in [3.05, 3.63) is 38.9 Å². The van der Waals surface area contributed by atoms with Crippen LogP contribution in [-0.2, 0) is 11.2 Å². The Morgan fingerprint density at radius 2 is 2.22 bits per heavy atom. The molecule has 0 aliphatic carbocycles. The summed E-state index contributed by atoms with van der Waals surface area (Å²) in [5, 5.41) is 5.66. The Balaban J connectivity index is 1.61. The van der Waals surface area contributed by atoms with Gasteiger partial charge in [-0.1, -0.05) is 13.8 Å². The molecule has 2 aromatic heterocycles. The van der Waals surface area contributed by atoms with Gasteiger partial charge in [-0.15, -0.1) is 11.3 Å². The van der Waals surface area contributed by atoms with Crippen molar-refractivity contribution in [3.63, 3.8) is 0 Å². The van der Waals surface area contributed by atoms with Crippen molar-refractivity contribution in [2.24, 2.45) is 11.8 Å². The summed E-state index contributed by atoms with van der Waals surface area (Å²) in [5.41, 5.74) is 0.492. The van der Waals surface area contributed by atoms with E-state index in [1.807, 2.05) is 11.4 Å². The molecule has 6 nitrogen and oxygen atoms in total. The first-order valence-corrected chi connectivity index (χ1v) is 10.8. The minimum atomic E-state index is -0.234. The molecule has 144 valence electrons. The second-order valence-corrected chi connectivity index (χ2v) is 9.02. The number of piperidine rings is 1. The van der Waals surface area contributed by atoms with Gasteiger partial charge in [0.1, 0.15) is 11.5 Å². The minimum Gasteiger partial charge on any atom is -0.336 e. The summed E-state index contributed by atoms with van der Waals surface area (Å²) >= 11 is 4.85. The Kier molecular flexibility index (Phi) is 6.59. The Morgan fingerprint density at radius 3 is 2.93 bits per heavy atom. The Morgan fingerprint density at radius 1 is 1.41 bits per heavy atom. The fourth-order valence-corrected chi connectivity index (χ4v) is 4.28. The van der Waals surface area contributed by atoms with E-state index in [-0.39, 0.29) is 17.7 Å². The quantitative estimate of drug-likeness (QED) is 0.746. The average molecular weight is 451 g/mol. The van der Waals surface area contributed by atoms with Gasteiger partial charge >= 0.3 is 0 Å². The van der Waals surface area contributed by atoms with E-state index < -0.39 is 0 Å². The lowest BCUT2D eigenvalue weighted by molar-refractivity contribution is -0.121. The maximum absolute atomic E-state index is 12.8. The predicted molar refractivity (Wildman–Crippen MR) is 110 cm³/mol. The summed E-state index contributed by atoms with van der Waals surface area (Å²) in [6.07, 6.45) is 4.09. The van der Waals surface area contributed by atoms with E-state index in [0.717, 1.165) is 28.7 Å². The molecule has 3 heterocycles. The van der Waals surface area contributed by atoms with Crippen LogP contribution in [0.3, 0.4) is 0 Å². The minimum absolute atomic E-state index is 0.0828. The van der Waals surface area contributed by atoms with Crippen molar-refractivity contribution in [1.29, 1.82) is 0 Å². The third-order valence-electron chi connectivity index (χ3n) is 4.41. The van der Waals surface area contributed by atoms with Gasteiger partial charge in [0.05, 0.1) is 10.9 Å². The van der Waals surface area contributed by atoms with Gasteiger partial charge in [-0.2, -0.15) is 0 Å². The van der Waals surface area contributed by atoms with Gasteiger partial charge in [0, 0.05) is 35.6 Å². The third kappa shape index (κ3) is 5.35. The van der Waals surface area contributed by atoms with Gasteiger partial charge in [-0.3, -0.25) is 9.59 Å². The molecule has 0 aromatic carbocycles. The molecule has 8 heteroatoms. The van der Waals surface area contributed by atoms with Crippen LogP contribution in [0.15, 0.2) is 28.2 Å². The lowest BCUT2D eigenvalue weighted by atomic mass is 9.97. The summed E-state index contributed by atoms with van der Waals surface area (Å²) in [7, 11) is 0. The molecule has 0 spiro atoms. The van der Waals surface area contributed by atoms with Crippen LogP contribution in [0.2, 0.25) is 0 Å². The molecule has 1 saturated heterocycles. The number of aromatic nitrogens is 2. The van der Waals surface area contributed by atoms with E-state index in [2.05, 4.69) is 45.1 Å². The molecule has 3 rings (SSSR count). The second kappa shape index (κ2) is 8.93. The topological polar surface area (TPSA) is 75.2 Å². The highest BCUT2D eigenvalue weighted by Gasteiger charge is 2.30. The summed E-state index contributed by atoms with van der Waals surface area (Å²) in [6, 6.07) is 3.58. The number of carbonyl (C=O) groups excluding carboxylic acids is 2. The fourth-order valence-electron chi connectivity index (χ4n) is 3.07. The van der Waals surface area contributed by atoms with Crippen LogP contribution in [0.4, 0.5) is 5.82 Å². The molecule has 27 heavy (non-hydrogen) atoms. The maximum Gasteiger partial charge on any atom is 0.273 e. The number of nitrogens with one attached hydrogen (secondary N) is 1. The highest BCUT2D eigenvalue weighted by atomic mass is 79.9.